The lowest BCUT2D eigenvalue weighted by Crippen LogP contribution is -2.56. The molecule has 0 aromatic heterocycles. The summed E-state index contributed by atoms with van der Waals surface area (Å²) in [7, 11) is 2.99. The fraction of sp³-hybridized carbons (Fsp3) is 0.478. The van der Waals surface area contributed by atoms with Gasteiger partial charge in [0.2, 0.25) is 0 Å². The van der Waals surface area contributed by atoms with Gasteiger partial charge in [0, 0.05) is 29.2 Å². The van der Waals surface area contributed by atoms with E-state index < -0.39 is 36.1 Å². The Morgan fingerprint density at radius 1 is 1.12 bits per heavy atom. The number of rotatable bonds is 4. The third-order valence-corrected chi connectivity index (χ3v) is 6.69. The van der Waals surface area contributed by atoms with E-state index in [1.807, 2.05) is 0 Å². The molecule has 172 valence electrons. The first-order valence-corrected chi connectivity index (χ1v) is 10.4. The van der Waals surface area contributed by atoms with E-state index in [0.717, 1.165) is 0 Å². The molecule has 0 fully saturated rings. The molecule has 0 bridgehead atoms. The van der Waals surface area contributed by atoms with Gasteiger partial charge in [0.15, 0.2) is 23.2 Å². The van der Waals surface area contributed by atoms with Gasteiger partial charge in [-0.1, -0.05) is 0 Å². The van der Waals surface area contributed by atoms with Crippen LogP contribution in [0.25, 0.3) is 0 Å². The van der Waals surface area contributed by atoms with Gasteiger partial charge in [-0.25, -0.2) is 0 Å². The zero-order valence-corrected chi connectivity index (χ0v) is 18.0. The summed E-state index contributed by atoms with van der Waals surface area (Å²) in [6.45, 7) is 1.03. The highest BCUT2D eigenvalue weighted by Gasteiger charge is 2.57. The van der Waals surface area contributed by atoms with Crippen LogP contribution in [0.5, 0.6) is 28.7 Å². The van der Waals surface area contributed by atoms with Crippen LogP contribution in [0, 0.1) is 0 Å². The Labute approximate surface area is 184 Å². The molecular formula is C23H26O9. The summed E-state index contributed by atoms with van der Waals surface area (Å²) in [5, 5.41) is 43.1. The highest BCUT2D eigenvalue weighted by atomic mass is 16.6. The SMILES string of the molecule is COc1cc2c(cc1OC)[C@]1(O)[C@H](O)c3ccc4c(c3O[C@@H]1CO2)C[C@H](C(C)(O)CO)O4. The Kier molecular flexibility index (Phi) is 4.72. The molecule has 9 heteroatoms. The molecule has 9 nitrogen and oxygen atoms in total. The van der Waals surface area contributed by atoms with Crippen molar-refractivity contribution in [1.29, 1.82) is 0 Å². The maximum Gasteiger partial charge on any atom is 0.168 e. The van der Waals surface area contributed by atoms with Crippen LogP contribution in [0.1, 0.15) is 29.7 Å². The Hall–Kier alpha value is -2.72. The van der Waals surface area contributed by atoms with Crippen LogP contribution in [0.4, 0.5) is 0 Å². The van der Waals surface area contributed by atoms with Crippen LogP contribution < -0.4 is 23.7 Å². The van der Waals surface area contributed by atoms with Crippen molar-refractivity contribution in [3.8, 4) is 28.7 Å². The fourth-order valence-electron chi connectivity index (χ4n) is 4.70. The molecule has 2 aromatic carbocycles. The van der Waals surface area contributed by atoms with E-state index in [4.69, 9.17) is 23.7 Å². The molecule has 1 unspecified atom stereocenters. The van der Waals surface area contributed by atoms with Gasteiger partial charge in [0.05, 0.1) is 20.8 Å². The molecule has 32 heavy (non-hydrogen) atoms. The minimum Gasteiger partial charge on any atom is -0.493 e. The molecule has 0 radical (unpaired) electrons. The molecular weight excluding hydrogens is 420 g/mol. The van der Waals surface area contributed by atoms with Crippen molar-refractivity contribution in [3.05, 3.63) is 41.0 Å². The standard InChI is InChI=1S/C23H26O9/c1-22(26,10-24)18-6-12-14(31-18)5-4-11-20(12)32-19-9-30-15-8-17(29-3)16(28-2)7-13(15)23(19,27)21(11)25/h4-5,7-8,18-19,21,24-27H,6,9-10H2,1-3H3/t18-,19-,21-,22?,23-/m1/s1. The summed E-state index contributed by atoms with van der Waals surface area (Å²) >= 11 is 0. The van der Waals surface area contributed by atoms with Crippen LogP contribution >= 0.6 is 0 Å². The van der Waals surface area contributed by atoms with E-state index in [0.29, 0.717) is 45.4 Å². The first-order valence-electron chi connectivity index (χ1n) is 10.4. The number of hydrogen-bond acceptors (Lipinski definition) is 9. The summed E-state index contributed by atoms with van der Waals surface area (Å²) in [6, 6.07) is 6.51. The van der Waals surface area contributed by atoms with Crippen LogP contribution in [-0.4, -0.2) is 65.7 Å². The Morgan fingerprint density at radius 2 is 1.84 bits per heavy atom. The molecule has 5 rings (SSSR count). The van der Waals surface area contributed by atoms with Gasteiger partial charge in [-0.05, 0) is 25.1 Å². The number of aliphatic hydroxyl groups excluding tert-OH is 2. The van der Waals surface area contributed by atoms with Gasteiger partial charge in [-0.15, -0.1) is 0 Å². The van der Waals surface area contributed by atoms with Crippen molar-refractivity contribution < 1.29 is 44.1 Å². The highest BCUT2D eigenvalue weighted by Crippen LogP contribution is 2.56. The maximum atomic E-state index is 11.8. The molecule has 2 aromatic rings. The van der Waals surface area contributed by atoms with E-state index in [9.17, 15) is 20.4 Å². The van der Waals surface area contributed by atoms with Crippen molar-refractivity contribution in [2.75, 3.05) is 27.4 Å². The minimum atomic E-state index is -1.79. The topological polar surface area (TPSA) is 127 Å². The predicted molar refractivity (Wildman–Crippen MR) is 111 cm³/mol. The summed E-state index contributed by atoms with van der Waals surface area (Å²) in [5.41, 5.74) is -1.83. The molecule has 0 spiro atoms. The van der Waals surface area contributed by atoms with Crippen LogP contribution in [-0.2, 0) is 12.0 Å². The number of hydrogen-bond donors (Lipinski definition) is 4. The van der Waals surface area contributed by atoms with Crippen LogP contribution in [0.3, 0.4) is 0 Å². The monoisotopic (exact) mass is 446 g/mol. The number of aliphatic hydroxyl groups is 4. The summed E-state index contributed by atoms with van der Waals surface area (Å²) in [6.07, 6.45) is -2.61. The lowest BCUT2D eigenvalue weighted by atomic mass is 9.75. The van der Waals surface area contributed by atoms with Gasteiger partial charge in [0.25, 0.3) is 0 Å². The normalized spacial score (nSPS) is 29.2. The van der Waals surface area contributed by atoms with E-state index in [-0.39, 0.29) is 13.0 Å². The molecule has 4 N–H and O–H groups in total. The third kappa shape index (κ3) is 2.78. The maximum absolute atomic E-state index is 11.8. The highest BCUT2D eigenvalue weighted by molar-refractivity contribution is 5.59. The Balaban J connectivity index is 1.59. The van der Waals surface area contributed by atoms with E-state index >= 15 is 0 Å². The Morgan fingerprint density at radius 3 is 2.53 bits per heavy atom. The molecule has 0 aliphatic carbocycles. The van der Waals surface area contributed by atoms with Gasteiger partial charge in [0.1, 0.15) is 41.7 Å². The van der Waals surface area contributed by atoms with Gasteiger partial charge in [-0.2, -0.15) is 0 Å². The summed E-state index contributed by atoms with van der Waals surface area (Å²) in [4.78, 5) is 0. The van der Waals surface area contributed by atoms with E-state index in [1.54, 1.807) is 24.3 Å². The first kappa shape index (κ1) is 21.1. The number of benzene rings is 2. The Bertz CT molecular complexity index is 1070. The second-order valence-corrected chi connectivity index (χ2v) is 8.64. The molecule has 0 amide bonds. The lowest BCUT2D eigenvalue weighted by Gasteiger charge is -2.47. The quantitative estimate of drug-likeness (QED) is 0.540. The number of methoxy groups -OCH3 is 2. The average molecular weight is 446 g/mol. The van der Waals surface area contributed by atoms with Gasteiger partial charge in [-0.3, -0.25) is 0 Å². The van der Waals surface area contributed by atoms with Crippen LogP contribution in [0.15, 0.2) is 24.3 Å². The van der Waals surface area contributed by atoms with Crippen molar-refractivity contribution in [1.82, 2.24) is 0 Å². The third-order valence-electron chi connectivity index (χ3n) is 6.69. The number of fused-ring (bicyclic) bond motifs is 6. The smallest absolute Gasteiger partial charge is 0.168 e. The van der Waals surface area contributed by atoms with Crippen molar-refractivity contribution in [2.24, 2.45) is 0 Å². The summed E-state index contributed by atoms with van der Waals surface area (Å²) in [5.74, 6) is 2.10. The predicted octanol–water partition coefficient (Wildman–Crippen LogP) is 0.825. The van der Waals surface area contributed by atoms with Gasteiger partial charge >= 0.3 is 0 Å². The fourth-order valence-corrected chi connectivity index (χ4v) is 4.70. The average Bonchev–Trinajstić information content (AvgIpc) is 3.25. The van der Waals surface area contributed by atoms with Crippen molar-refractivity contribution in [2.45, 2.75) is 42.9 Å². The van der Waals surface area contributed by atoms with E-state index in [1.165, 1.54) is 21.1 Å². The molecule has 3 heterocycles. The van der Waals surface area contributed by atoms with Crippen molar-refractivity contribution >= 4 is 0 Å². The molecule has 0 saturated carbocycles. The second-order valence-electron chi connectivity index (χ2n) is 8.64. The second kappa shape index (κ2) is 7.14. The molecule has 0 saturated heterocycles. The molecule has 3 aliphatic heterocycles. The zero-order chi connectivity index (χ0) is 22.8. The zero-order valence-electron chi connectivity index (χ0n) is 18.0. The number of ether oxygens (including phenoxy) is 5. The minimum absolute atomic E-state index is 0.00219. The largest absolute Gasteiger partial charge is 0.493 e. The summed E-state index contributed by atoms with van der Waals surface area (Å²) < 4.78 is 28.6. The van der Waals surface area contributed by atoms with Gasteiger partial charge < -0.3 is 44.1 Å². The van der Waals surface area contributed by atoms with Crippen LogP contribution in [0.2, 0.25) is 0 Å². The molecule has 3 aliphatic rings. The van der Waals surface area contributed by atoms with Crippen molar-refractivity contribution in [3.63, 3.8) is 0 Å². The first-order chi connectivity index (χ1) is 15.2. The van der Waals surface area contributed by atoms with E-state index in [2.05, 4.69) is 0 Å². The lowest BCUT2D eigenvalue weighted by molar-refractivity contribution is -0.179. The molecule has 5 atom stereocenters.